The fraction of sp³-hybridized carbons (Fsp3) is 0.438. The summed E-state index contributed by atoms with van der Waals surface area (Å²) in [5.41, 5.74) is 0.867. The molecule has 1 saturated carbocycles. The monoisotopic (exact) mass is 284 g/mol. The molecular weight excluding hydrogens is 264 g/mol. The predicted molar refractivity (Wildman–Crippen MR) is 80.5 cm³/mol. The first kappa shape index (κ1) is 13.8. The largest absolute Gasteiger partial charge is 0.349 e. The Hall–Kier alpha value is -2.17. The number of carbonyl (C=O) groups excluding carboxylic acids is 1. The van der Waals surface area contributed by atoms with Gasteiger partial charge in [-0.3, -0.25) is 4.79 Å². The Kier molecular flexibility index (Phi) is 3.73. The maximum absolute atomic E-state index is 12.4. The zero-order valence-electron chi connectivity index (χ0n) is 12.4. The number of hydrogen-bond acceptors (Lipinski definition) is 3. The molecule has 1 amide bonds. The van der Waals surface area contributed by atoms with E-state index >= 15 is 0 Å². The fourth-order valence-corrected chi connectivity index (χ4v) is 2.11. The van der Waals surface area contributed by atoms with E-state index < -0.39 is 0 Å². The normalized spacial score (nSPS) is 14.4. The Labute approximate surface area is 124 Å². The standard InChI is InChI=1S/C16H20N4O/c1-11(2)10-17-16(21)15-18-14(12-8-9-12)19-20(15)13-6-4-3-5-7-13/h3-7,11-12H,8-10H2,1-2H3,(H,17,21). The summed E-state index contributed by atoms with van der Waals surface area (Å²) in [6.45, 7) is 4.77. The van der Waals surface area contributed by atoms with Crippen molar-refractivity contribution in [2.45, 2.75) is 32.6 Å². The third kappa shape index (κ3) is 3.12. The second-order valence-corrected chi connectivity index (χ2v) is 5.92. The maximum atomic E-state index is 12.4. The third-order valence-corrected chi connectivity index (χ3v) is 3.44. The Morgan fingerprint density at radius 2 is 2.05 bits per heavy atom. The SMILES string of the molecule is CC(C)CNC(=O)c1nc(C2CC2)nn1-c1ccccc1. The van der Waals surface area contributed by atoms with Crippen molar-refractivity contribution in [1.29, 1.82) is 0 Å². The smallest absolute Gasteiger partial charge is 0.289 e. The van der Waals surface area contributed by atoms with Crippen LogP contribution in [0.4, 0.5) is 0 Å². The Bertz CT molecular complexity index is 629. The fourth-order valence-electron chi connectivity index (χ4n) is 2.11. The zero-order chi connectivity index (χ0) is 14.8. The van der Waals surface area contributed by atoms with Gasteiger partial charge in [0, 0.05) is 12.5 Å². The quantitative estimate of drug-likeness (QED) is 0.917. The molecule has 0 atom stereocenters. The summed E-state index contributed by atoms with van der Waals surface area (Å²) in [5, 5.41) is 7.45. The van der Waals surface area contributed by atoms with Crippen LogP contribution in [0.15, 0.2) is 30.3 Å². The van der Waals surface area contributed by atoms with Crippen molar-refractivity contribution in [2.75, 3.05) is 6.54 Å². The minimum atomic E-state index is -0.160. The van der Waals surface area contributed by atoms with Gasteiger partial charge in [-0.2, -0.15) is 5.10 Å². The van der Waals surface area contributed by atoms with E-state index in [2.05, 4.69) is 29.2 Å². The number of hydrogen-bond donors (Lipinski definition) is 1. The van der Waals surface area contributed by atoms with Crippen LogP contribution in [-0.4, -0.2) is 27.2 Å². The molecule has 21 heavy (non-hydrogen) atoms. The van der Waals surface area contributed by atoms with Gasteiger partial charge in [-0.15, -0.1) is 0 Å². The van der Waals surface area contributed by atoms with Crippen LogP contribution in [-0.2, 0) is 0 Å². The molecule has 1 aliphatic carbocycles. The van der Waals surface area contributed by atoms with Crippen molar-refractivity contribution in [3.8, 4) is 5.69 Å². The lowest BCUT2D eigenvalue weighted by molar-refractivity contribution is 0.0936. The second kappa shape index (κ2) is 5.68. The van der Waals surface area contributed by atoms with E-state index in [-0.39, 0.29) is 5.91 Å². The molecule has 1 fully saturated rings. The molecule has 110 valence electrons. The first-order chi connectivity index (χ1) is 10.1. The number of para-hydroxylation sites is 1. The van der Waals surface area contributed by atoms with Crippen LogP contribution in [0.25, 0.3) is 5.69 Å². The van der Waals surface area contributed by atoms with Crippen molar-refractivity contribution in [3.05, 3.63) is 42.0 Å². The predicted octanol–water partition coefficient (Wildman–Crippen LogP) is 2.53. The highest BCUT2D eigenvalue weighted by Gasteiger charge is 2.30. The van der Waals surface area contributed by atoms with Gasteiger partial charge >= 0.3 is 0 Å². The van der Waals surface area contributed by atoms with Crippen molar-refractivity contribution >= 4 is 5.91 Å². The van der Waals surface area contributed by atoms with Crippen molar-refractivity contribution < 1.29 is 4.79 Å². The van der Waals surface area contributed by atoms with Gasteiger partial charge in [0.15, 0.2) is 5.82 Å². The van der Waals surface area contributed by atoms with Crippen LogP contribution >= 0.6 is 0 Å². The average Bonchev–Trinajstić information content (AvgIpc) is 3.24. The third-order valence-electron chi connectivity index (χ3n) is 3.44. The minimum Gasteiger partial charge on any atom is -0.349 e. The van der Waals surface area contributed by atoms with Gasteiger partial charge in [0.25, 0.3) is 5.91 Å². The summed E-state index contributed by atoms with van der Waals surface area (Å²) in [6, 6.07) is 9.68. The number of aromatic nitrogens is 3. The second-order valence-electron chi connectivity index (χ2n) is 5.92. The number of nitrogens with one attached hydrogen (secondary N) is 1. The van der Waals surface area contributed by atoms with E-state index in [1.807, 2.05) is 30.3 Å². The molecule has 0 saturated heterocycles. The first-order valence-electron chi connectivity index (χ1n) is 7.45. The summed E-state index contributed by atoms with van der Waals surface area (Å²) in [4.78, 5) is 16.8. The van der Waals surface area contributed by atoms with E-state index in [4.69, 9.17) is 0 Å². The van der Waals surface area contributed by atoms with Crippen molar-refractivity contribution in [1.82, 2.24) is 20.1 Å². The Morgan fingerprint density at radius 1 is 1.33 bits per heavy atom. The first-order valence-corrected chi connectivity index (χ1v) is 7.45. The lowest BCUT2D eigenvalue weighted by Crippen LogP contribution is -2.29. The van der Waals surface area contributed by atoms with Crippen molar-refractivity contribution in [3.63, 3.8) is 0 Å². The highest BCUT2D eigenvalue weighted by atomic mass is 16.2. The van der Waals surface area contributed by atoms with Gasteiger partial charge in [-0.05, 0) is 30.9 Å². The van der Waals surface area contributed by atoms with Gasteiger partial charge in [-0.25, -0.2) is 9.67 Å². The summed E-state index contributed by atoms with van der Waals surface area (Å²) >= 11 is 0. The van der Waals surface area contributed by atoms with Gasteiger partial charge in [0.1, 0.15) is 0 Å². The van der Waals surface area contributed by atoms with Gasteiger partial charge in [0.2, 0.25) is 5.82 Å². The molecule has 1 aromatic heterocycles. The van der Waals surface area contributed by atoms with Crippen LogP contribution < -0.4 is 5.32 Å². The number of nitrogens with zero attached hydrogens (tertiary/aromatic N) is 3. The summed E-state index contributed by atoms with van der Waals surface area (Å²) in [7, 11) is 0. The lowest BCUT2D eigenvalue weighted by Gasteiger charge is -2.08. The molecule has 2 aromatic rings. The molecule has 0 unspecified atom stereocenters. The highest BCUT2D eigenvalue weighted by Crippen LogP contribution is 2.38. The number of amides is 1. The molecule has 3 rings (SSSR count). The topological polar surface area (TPSA) is 59.8 Å². The van der Waals surface area contributed by atoms with Crippen LogP contribution in [0.3, 0.4) is 0 Å². The number of rotatable bonds is 5. The molecular formula is C16H20N4O. The molecule has 0 spiro atoms. The molecule has 0 radical (unpaired) electrons. The molecule has 1 N–H and O–H groups in total. The van der Waals surface area contributed by atoms with E-state index in [1.165, 1.54) is 0 Å². The molecule has 1 aromatic carbocycles. The van der Waals surface area contributed by atoms with E-state index in [0.717, 1.165) is 24.4 Å². The summed E-state index contributed by atoms with van der Waals surface area (Å²) < 4.78 is 1.66. The minimum absolute atomic E-state index is 0.160. The van der Waals surface area contributed by atoms with Crippen LogP contribution in [0.1, 0.15) is 49.1 Å². The highest BCUT2D eigenvalue weighted by molar-refractivity contribution is 5.91. The molecule has 5 nitrogen and oxygen atoms in total. The van der Waals surface area contributed by atoms with Crippen LogP contribution in [0, 0.1) is 5.92 Å². The van der Waals surface area contributed by atoms with Gasteiger partial charge in [-0.1, -0.05) is 32.0 Å². The molecule has 5 heteroatoms. The van der Waals surface area contributed by atoms with E-state index in [0.29, 0.717) is 24.2 Å². The maximum Gasteiger partial charge on any atom is 0.289 e. The summed E-state index contributed by atoms with van der Waals surface area (Å²) in [6.07, 6.45) is 2.23. The van der Waals surface area contributed by atoms with Crippen molar-refractivity contribution in [2.24, 2.45) is 5.92 Å². The van der Waals surface area contributed by atoms with Gasteiger partial charge in [0.05, 0.1) is 5.69 Å². The van der Waals surface area contributed by atoms with Crippen LogP contribution in [0.2, 0.25) is 0 Å². The van der Waals surface area contributed by atoms with E-state index in [9.17, 15) is 4.79 Å². The zero-order valence-corrected chi connectivity index (χ0v) is 12.4. The number of carbonyl (C=O) groups is 1. The lowest BCUT2D eigenvalue weighted by atomic mass is 10.2. The van der Waals surface area contributed by atoms with Crippen LogP contribution in [0.5, 0.6) is 0 Å². The molecule has 0 bridgehead atoms. The number of benzene rings is 1. The van der Waals surface area contributed by atoms with E-state index in [1.54, 1.807) is 4.68 Å². The summed E-state index contributed by atoms with van der Waals surface area (Å²) in [5.74, 6) is 1.83. The molecule has 0 aliphatic heterocycles. The Balaban J connectivity index is 1.92. The molecule has 1 aliphatic rings. The molecule has 1 heterocycles. The van der Waals surface area contributed by atoms with Gasteiger partial charge < -0.3 is 5.32 Å². The average molecular weight is 284 g/mol. The Morgan fingerprint density at radius 3 is 2.67 bits per heavy atom.